The summed E-state index contributed by atoms with van der Waals surface area (Å²) in [7, 11) is 1.62. The van der Waals surface area contributed by atoms with Crippen LogP contribution in [0.1, 0.15) is 6.42 Å². The first-order chi connectivity index (χ1) is 10.7. The van der Waals surface area contributed by atoms with Crippen molar-refractivity contribution in [1.82, 2.24) is 0 Å². The minimum Gasteiger partial charge on any atom is -0.497 e. The number of nitrogens with one attached hydrogen (secondary N) is 1. The van der Waals surface area contributed by atoms with Gasteiger partial charge in [0.15, 0.2) is 0 Å². The first-order valence-electron chi connectivity index (χ1n) is 6.92. The summed E-state index contributed by atoms with van der Waals surface area (Å²) in [5.41, 5.74) is 0.798. The summed E-state index contributed by atoms with van der Waals surface area (Å²) in [6.07, 6.45) is 2.32. The molecule has 0 radical (unpaired) electrons. The van der Waals surface area contributed by atoms with Crippen LogP contribution in [-0.2, 0) is 4.79 Å². The van der Waals surface area contributed by atoms with Gasteiger partial charge < -0.3 is 14.8 Å². The predicted octanol–water partition coefficient (Wildman–Crippen LogP) is 3.82. The third kappa shape index (κ3) is 5.00. The molecule has 0 fully saturated rings. The largest absolute Gasteiger partial charge is 0.497 e. The fourth-order valence-electron chi connectivity index (χ4n) is 1.83. The molecule has 0 aliphatic carbocycles. The van der Waals surface area contributed by atoms with E-state index in [0.717, 1.165) is 17.2 Å². The fourth-order valence-corrected chi connectivity index (χ4v) is 2.24. The van der Waals surface area contributed by atoms with E-state index >= 15 is 0 Å². The van der Waals surface area contributed by atoms with Crippen LogP contribution in [0.4, 0.5) is 5.69 Å². The average molecular weight is 317 g/mol. The summed E-state index contributed by atoms with van der Waals surface area (Å²) in [6.45, 7) is 0.334. The average Bonchev–Trinajstić information content (AvgIpc) is 2.56. The van der Waals surface area contributed by atoms with Crippen molar-refractivity contribution in [3.05, 3.63) is 48.5 Å². The molecular weight excluding hydrogens is 298 g/mol. The zero-order valence-corrected chi connectivity index (χ0v) is 13.5. The molecular formula is C17H19NO3S. The number of rotatable bonds is 7. The highest BCUT2D eigenvalue weighted by Crippen LogP contribution is 2.18. The second-order valence-corrected chi connectivity index (χ2v) is 5.43. The van der Waals surface area contributed by atoms with Crippen molar-refractivity contribution in [2.24, 2.45) is 0 Å². The lowest BCUT2D eigenvalue weighted by molar-refractivity contribution is -0.116. The molecule has 0 saturated carbocycles. The summed E-state index contributed by atoms with van der Waals surface area (Å²) in [4.78, 5) is 13.0. The number of ether oxygens (including phenoxy) is 2. The Balaban J connectivity index is 1.74. The number of carbonyl (C=O) groups is 1. The van der Waals surface area contributed by atoms with Gasteiger partial charge in [-0.2, -0.15) is 0 Å². The van der Waals surface area contributed by atoms with Crippen LogP contribution in [0.15, 0.2) is 53.4 Å². The molecule has 0 heterocycles. The summed E-state index contributed by atoms with van der Waals surface area (Å²) < 4.78 is 10.6. The molecule has 0 aliphatic heterocycles. The van der Waals surface area contributed by atoms with Crippen LogP contribution < -0.4 is 14.8 Å². The predicted molar refractivity (Wildman–Crippen MR) is 90.0 cm³/mol. The molecule has 1 amide bonds. The van der Waals surface area contributed by atoms with Gasteiger partial charge in [0.2, 0.25) is 5.91 Å². The number of hydrogen-bond acceptors (Lipinski definition) is 4. The van der Waals surface area contributed by atoms with E-state index in [4.69, 9.17) is 9.47 Å². The Labute approximate surface area is 134 Å². The molecule has 1 N–H and O–H groups in total. The molecule has 2 aromatic carbocycles. The van der Waals surface area contributed by atoms with E-state index in [1.807, 2.05) is 54.8 Å². The Morgan fingerprint density at radius 2 is 1.68 bits per heavy atom. The normalized spacial score (nSPS) is 10.1. The van der Waals surface area contributed by atoms with Gasteiger partial charge in [0.25, 0.3) is 0 Å². The quantitative estimate of drug-likeness (QED) is 0.789. The summed E-state index contributed by atoms with van der Waals surface area (Å²) in [6, 6.07) is 15.0. The number of methoxy groups -OCH3 is 1. The van der Waals surface area contributed by atoms with Gasteiger partial charge >= 0.3 is 0 Å². The number of carbonyl (C=O) groups excluding carboxylic acids is 1. The summed E-state index contributed by atoms with van der Waals surface area (Å²) in [5.74, 6) is 1.43. The highest BCUT2D eigenvalue weighted by atomic mass is 32.2. The maximum atomic E-state index is 11.8. The van der Waals surface area contributed by atoms with Gasteiger partial charge in [0.05, 0.1) is 20.1 Å². The standard InChI is InChI=1S/C17H19NO3S/c1-20-14-5-7-15(8-6-14)21-12-11-17(19)18-13-3-9-16(22-2)10-4-13/h3-10H,11-12H2,1-2H3,(H,18,19). The van der Waals surface area contributed by atoms with Crippen molar-refractivity contribution in [1.29, 1.82) is 0 Å². The van der Waals surface area contributed by atoms with Crippen LogP contribution in [0.25, 0.3) is 0 Å². The second kappa shape index (κ2) is 8.34. The third-order valence-corrected chi connectivity index (χ3v) is 3.77. The number of hydrogen-bond donors (Lipinski definition) is 1. The Morgan fingerprint density at radius 1 is 1.05 bits per heavy atom. The second-order valence-electron chi connectivity index (χ2n) is 4.55. The molecule has 4 nitrogen and oxygen atoms in total. The SMILES string of the molecule is COc1ccc(OCCC(=O)Nc2ccc(SC)cc2)cc1. The molecule has 0 bridgehead atoms. The van der Waals surface area contributed by atoms with Crippen LogP contribution in [0.3, 0.4) is 0 Å². The Bertz CT molecular complexity index is 596. The molecule has 116 valence electrons. The van der Waals surface area contributed by atoms with Crippen molar-refractivity contribution < 1.29 is 14.3 Å². The fraction of sp³-hybridized carbons (Fsp3) is 0.235. The molecule has 0 atom stereocenters. The van der Waals surface area contributed by atoms with Crippen molar-refractivity contribution in [3.8, 4) is 11.5 Å². The van der Waals surface area contributed by atoms with Crippen molar-refractivity contribution in [2.45, 2.75) is 11.3 Å². The van der Waals surface area contributed by atoms with Crippen LogP contribution in [-0.4, -0.2) is 25.9 Å². The monoisotopic (exact) mass is 317 g/mol. The number of benzene rings is 2. The van der Waals surface area contributed by atoms with Gasteiger partial charge in [-0.1, -0.05) is 0 Å². The van der Waals surface area contributed by atoms with E-state index in [-0.39, 0.29) is 5.91 Å². The van der Waals surface area contributed by atoms with Crippen LogP contribution in [0.2, 0.25) is 0 Å². The van der Waals surface area contributed by atoms with E-state index in [9.17, 15) is 4.79 Å². The smallest absolute Gasteiger partial charge is 0.227 e. The minimum absolute atomic E-state index is 0.0644. The molecule has 2 aromatic rings. The van der Waals surface area contributed by atoms with Gasteiger partial charge in [-0.05, 0) is 54.8 Å². The van der Waals surface area contributed by atoms with Crippen LogP contribution in [0, 0.1) is 0 Å². The first kappa shape index (κ1) is 16.2. The van der Waals surface area contributed by atoms with Gasteiger partial charge in [-0.25, -0.2) is 0 Å². The lowest BCUT2D eigenvalue weighted by atomic mass is 10.3. The van der Waals surface area contributed by atoms with Gasteiger partial charge in [0.1, 0.15) is 11.5 Å². The van der Waals surface area contributed by atoms with E-state index in [1.165, 1.54) is 4.90 Å². The van der Waals surface area contributed by atoms with E-state index in [2.05, 4.69) is 5.32 Å². The zero-order valence-electron chi connectivity index (χ0n) is 12.7. The van der Waals surface area contributed by atoms with Gasteiger partial charge in [-0.3, -0.25) is 4.79 Å². The maximum Gasteiger partial charge on any atom is 0.227 e. The molecule has 22 heavy (non-hydrogen) atoms. The Kier molecular flexibility index (Phi) is 6.15. The molecule has 0 aromatic heterocycles. The molecule has 0 spiro atoms. The van der Waals surface area contributed by atoms with Crippen molar-refractivity contribution in [2.75, 3.05) is 25.3 Å². The van der Waals surface area contributed by atoms with Gasteiger partial charge in [-0.15, -0.1) is 11.8 Å². The summed E-state index contributed by atoms with van der Waals surface area (Å²) >= 11 is 1.67. The number of anilines is 1. The number of amides is 1. The Hall–Kier alpha value is -2.14. The van der Waals surface area contributed by atoms with Crippen LogP contribution >= 0.6 is 11.8 Å². The van der Waals surface area contributed by atoms with Crippen LogP contribution in [0.5, 0.6) is 11.5 Å². The maximum absolute atomic E-state index is 11.8. The molecule has 0 aliphatic rings. The topological polar surface area (TPSA) is 47.6 Å². The lowest BCUT2D eigenvalue weighted by Gasteiger charge is -2.08. The summed E-state index contributed by atoms with van der Waals surface area (Å²) in [5, 5.41) is 2.85. The van der Waals surface area contributed by atoms with E-state index in [1.54, 1.807) is 18.9 Å². The van der Waals surface area contributed by atoms with Crippen molar-refractivity contribution in [3.63, 3.8) is 0 Å². The molecule has 2 rings (SSSR count). The van der Waals surface area contributed by atoms with Crippen molar-refractivity contribution >= 4 is 23.4 Å². The highest BCUT2D eigenvalue weighted by molar-refractivity contribution is 7.98. The number of thioether (sulfide) groups is 1. The minimum atomic E-state index is -0.0644. The van der Waals surface area contributed by atoms with Gasteiger partial charge in [0, 0.05) is 10.6 Å². The van der Waals surface area contributed by atoms with E-state index in [0.29, 0.717) is 13.0 Å². The molecule has 5 heteroatoms. The Morgan fingerprint density at radius 3 is 2.27 bits per heavy atom. The molecule has 0 unspecified atom stereocenters. The van der Waals surface area contributed by atoms with E-state index < -0.39 is 0 Å². The third-order valence-electron chi connectivity index (χ3n) is 3.03. The first-order valence-corrected chi connectivity index (χ1v) is 8.14. The lowest BCUT2D eigenvalue weighted by Crippen LogP contribution is -2.15. The highest BCUT2D eigenvalue weighted by Gasteiger charge is 2.03. The zero-order chi connectivity index (χ0) is 15.8. The molecule has 0 saturated heterocycles.